The number of hydrogen-bond acceptors (Lipinski definition) is 2. The van der Waals surface area contributed by atoms with Crippen molar-refractivity contribution in [3.63, 3.8) is 0 Å². The molecule has 0 amide bonds. The summed E-state index contributed by atoms with van der Waals surface area (Å²) in [6.07, 6.45) is 0.225. The van der Waals surface area contributed by atoms with E-state index in [1.165, 1.54) is 5.69 Å². The molecule has 68 valence electrons. The lowest BCUT2D eigenvalue weighted by molar-refractivity contribution is 0.0991. The molecule has 0 aliphatic rings. The van der Waals surface area contributed by atoms with E-state index >= 15 is 0 Å². The predicted molar refractivity (Wildman–Crippen MR) is 48.2 cm³/mol. The van der Waals surface area contributed by atoms with Crippen LogP contribution in [-0.2, 0) is 11.3 Å². The smallest absolute Gasteiger partial charge is 0.0739 e. The van der Waals surface area contributed by atoms with Crippen LogP contribution >= 0.6 is 0 Å². The van der Waals surface area contributed by atoms with Crippen LogP contribution in [0, 0.1) is 13.8 Å². The van der Waals surface area contributed by atoms with Gasteiger partial charge in [0, 0.05) is 12.8 Å². The van der Waals surface area contributed by atoms with Gasteiger partial charge in [-0.25, -0.2) is 0 Å². The average molecular weight is 168 g/mol. The highest BCUT2D eigenvalue weighted by molar-refractivity contribution is 5.06. The summed E-state index contributed by atoms with van der Waals surface area (Å²) in [7, 11) is 1.72. The first-order chi connectivity index (χ1) is 5.63. The van der Waals surface area contributed by atoms with Gasteiger partial charge in [-0.2, -0.15) is 5.10 Å². The van der Waals surface area contributed by atoms with Gasteiger partial charge in [-0.05, 0) is 26.8 Å². The Bertz CT molecular complexity index is 255. The zero-order valence-corrected chi connectivity index (χ0v) is 8.16. The highest BCUT2D eigenvalue weighted by Gasteiger charge is 2.04. The molecule has 0 aromatic carbocycles. The maximum Gasteiger partial charge on any atom is 0.0739 e. The minimum atomic E-state index is 0.225. The van der Waals surface area contributed by atoms with E-state index in [1.807, 2.05) is 18.5 Å². The molecular formula is C9H16N2O. The van der Waals surface area contributed by atoms with Gasteiger partial charge < -0.3 is 4.74 Å². The van der Waals surface area contributed by atoms with Crippen LogP contribution < -0.4 is 0 Å². The number of nitrogens with zero attached hydrogens (tertiary/aromatic N) is 2. The van der Waals surface area contributed by atoms with E-state index in [1.54, 1.807) is 7.11 Å². The second-order valence-electron chi connectivity index (χ2n) is 3.16. The lowest BCUT2D eigenvalue weighted by Crippen LogP contribution is -2.16. The van der Waals surface area contributed by atoms with E-state index in [4.69, 9.17) is 4.74 Å². The second kappa shape index (κ2) is 3.72. The van der Waals surface area contributed by atoms with Gasteiger partial charge in [0.1, 0.15) is 0 Å². The summed E-state index contributed by atoms with van der Waals surface area (Å²) < 4.78 is 7.13. The van der Waals surface area contributed by atoms with Crippen molar-refractivity contribution in [3.8, 4) is 0 Å². The van der Waals surface area contributed by atoms with Crippen LogP contribution in [0.4, 0.5) is 0 Å². The minimum absolute atomic E-state index is 0.225. The third-order valence-electron chi connectivity index (χ3n) is 1.94. The fraction of sp³-hybridized carbons (Fsp3) is 0.667. The monoisotopic (exact) mass is 168 g/mol. The molecule has 0 bridgehead atoms. The Morgan fingerprint density at radius 1 is 1.58 bits per heavy atom. The Labute approximate surface area is 73.3 Å². The first-order valence-electron chi connectivity index (χ1n) is 4.17. The summed E-state index contributed by atoms with van der Waals surface area (Å²) in [6, 6.07) is 2.07. The maximum atomic E-state index is 5.16. The van der Waals surface area contributed by atoms with Crippen molar-refractivity contribution in [1.29, 1.82) is 0 Å². The zero-order chi connectivity index (χ0) is 9.14. The summed E-state index contributed by atoms with van der Waals surface area (Å²) in [6.45, 7) is 6.93. The standard InChI is InChI=1S/C9H16N2O/c1-7-5-8(2)11(10-7)6-9(3)12-4/h5,9H,6H2,1-4H3/t9-/m0/s1. The molecule has 1 atom stereocenters. The van der Waals surface area contributed by atoms with E-state index < -0.39 is 0 Å². The van der Waals surface area contributed by atoms with E-state index in [0.717, 1.165) is 12.2 Å². The van der Waals surface area contributed by atoms with Crippen LogP contribution in [0.3, 0.4) is 0 Å². The van der Waals surface area contributed by atoms with Crippen molar-refractivity contribution >= 4 is 0 Å². The van der Waals surface area contributed by atoms with Gasteiger partial charge in [-0.1, -0.05) is 0 Å². The van der Waals surface area contributed by atoms with Gasteiger partial charge in [-0.15, -0.1) is 0 Å². The first-order valence-corrected chi connectivity index (χ1v) is 4.17. The molecule has 0 spiro atoms. The van der Waals surface area contributed by atoms with Gasteiger partial charge in [0.15, 0.2) is 0 Å². The molecule has 0 N–H and O–H groups in total. The maximum absolute atomic E-state index is 5.16. The van der Waals surface area contributed by atoms with Crippen molar-refractivity contribution in [1.82, 2.24) is 9.78 Å². The summed E-state index contributed by atoms with van der Waals surface area (Å²) in [5.74, 6) is 0. The second-order valence-corrected chi connectivity index (χ2v) is 3.16. The van der Waals surface area contributed by atoms with Crippen molar-refractivity contribution in [2.75, 3.05) is 7.11 Å². The molecule has 3 nitrogen and oxygen atoms in total. The Morgan fingerprint density at radius 3 is 2.67 bits per heavy atom. The van der Waals surface area contributed by atoms with Crippen molar-refractivity contribution < 1.29 is 4.74 Å². The number of aryl methyl sites for hydroxylation is 2. The molecule has 0 aliphatic carbocycles. The van der Waals surface area contributed by atoms with E-state index in [-0.39, 0.29) is 6.10 Å². The fourth-order valence-electron chi connectivity index (χ4n) is 1.18. The number of rotatable bonds is 3. The molecule has 0 radical (unpaired) electrons. The Kier molecular flexibility index (Phi) is 2.87. The molecule has 3 heteroatoms. The summed E-state index contributed by atoms with van der Waals surface area (Å²) in [5.41, 5.74) is 2.26. The van der Waals surface area contributed by atoms with Gasteiger partial charge in [-0.3, -0.25) is 4.68 Å². The van der Waals surface area contributed by atoms with E-state index in [9.17, 15) is 0 Å². The number of methoxy groups -OCH3 is 1. The van der Waals surface area contributed by atoms with Gasteiger partial charge in [0.05, 0.1) is 18.3 Å². The molecule has 1 aromatic heterocycles. The number of hydrogen-bond donors (Lipinski definition) is 0. The van der Waals surface area contributed by atoms with Crippen LogP contribution in [0.5, 0.6) is 0 Å². The largest absolute Gasteiger partial charge is 0.380 e. The summed E-state index contributed by atoms with van der Waals surface area (Å²) in [5, 5.41) is 4.33. The van der Waals surface area contributed by atoms with Gasteiger partial charge in [0.2, 0.25) is 0 Å². The fourth-order valence-corrected chi connectivity index (χ4v) is 1.18. The van der Waals surface area contributed by atoms with Crippen LogP contribution in [0.15, 0.2) is 6.07 Å². The van der Waals surface area contributed by atoms with Crippen LogP contribution in [0.2, 0.25) is 0 Å². The quantitative estimate of drug-likeness (QED) is 0.684. The molecule has 1 rings (SSSR count). The Morgan fingerprint density at radius 2 is 2.25 bits per heavy atom. The average Bonchev–Trinajstić information content (AvgIpc) is 2.30. The van der Waals surface area contributed by atoms with Gasteiger partial charge in [0.25, 0.3) is 0 Å². The normalized spacial score (nSPS) is 13.3. The third kappa shape index (κ3) is 2.08. The van der Waals surface area contributed by atoms with Crippen molar-refractivity contribution in [2.45, 2.75) is 33.4 Å². The van der Waals surface area contributed by atoms with Crippen LogP contribution in [0.1, 0.15) is 18.3 Å². The lowest BCUT2D eigenvalue weighted by atomic mass is 10.4. The molecule has 0 unspecified atom stereocenters. The zero-order valence-electron chi connectivity index (χ0n) is 8.16. The molecule has 0 fully saturated rings. The summed E-state index contributed by atoms with van der Waals surface area (Å²) in [4.78, 5) is 0. The third-order valence-corrected chi connectivity index (χ3v) is 1.94. The number of ether oxygens (including phenoxy) is 1. The van der Waals surface area contributed by atoms with Gasteiger partial charge >= 0.3 is 0 Å². The molecule has 0 saturated heterocycles. The summed E-state index contributed by atoms with van der Waals surface area (Å²) >= 11 is 0. The predicted octanol–water partition coefficient (Wildman–Crippen LogP) is 1.53. The number of aromatic nitrogens is 2. The van der Waals surface area contributed by atoms with Crippen LogP contribution in [-0.4, -0.2) is 23.0 Å². The highest BCUT2D eigenvalue weighted by atomic mass is 16.5. The molecular weight excluding hydrogens is 152 g/mol. The van der Waals surface area contributed by atoms with Crippen molar-refractivity contribution in [3.05, 3.63) is 17.5 Å². The minimum Gasteiger partial charge on any atom is -0.380 e. The SMILES string of the molecule is CO[C@@H](C)Cn1nc(C)cc1C. The topological polar surface area (TPSA) is 27.1 Å². The highest BCUT2D eigenvalue weighted by Crippen LogP contribution is 2.03. The first kappa shape index (κ1) is 9.26. The molecule has 12 heavy (non-hydrogen) atoms. The lowest BCUT2D eigenvalue weighted by Gasteiger charge is -2.10. The molecule has 0 aliphatic heterocycles. The Hall–Kier alpha value is -0.830. The van der Waals surface area contributed by atoms with E-state index in [2.05, 4.69) is 18.1 Å². The molecule has 0 saturated carbocycles. The molecule has 1 heterocycles. The van der Waals surface area contributed by atoms with Crippen molar-refractivity contribution in [2.24, 2.45) is 0 Å². The van der Waals surface area contributed by atoms with E-state index in [0.29, 0.717) is 0 Å². The Balaban J connectivity index is 2.68. The molecule has 1 aromatic rings. The van der Waals surface area contributed by atoms with Crippen LogP contribution in [0.25, 0.3) is 0 Å².